The Morgan fingerprint density at radius 2 is 1.73 bits per heavy atom. The molecule has 176 valence electrons. The summed E-state index contributed by atoms with van der Waals surface area (Å²) >= 11 is 0. The van der Waals surface area contributed by atoms with E-state index in [1.807, 2.05) is 0 Å². The number of nitrogens with one attached hydrogen (secondary N) is 1. The molecule has 1 aliphatic heterocycles. The van der Waals surface area contributed by atoms with Crippen LogP contribution in [-0.4, -0.2) is 56.7 Å². The molecule has 33 heavy (non-hydrogen) atoms. The first-order chi connectivity index (χ1) is 15.6. The van der Waals surface area contributed by atoms with Gasteiger partial charge in [-0.15, -0.1) is 0 Å². The fourth-order valence-electron chi connectivity index (χ4n) is 3.49. The third kappa shape index (κ3) is 5.40. The number of amides is 1. The van der Waals surface area contributed by atoms with Gasteiger partial charge in [-0.3, -0.25) is 9.59 Å². The summed E-state index contributed by atoms with van der Waals surface area (Å²) in [5.41, 5.74) is 0.606. The molecule has 1 fully saturated rings. The Kier molecular flexibility index (Phi) is 7.50. The number of hydrogen-bond acceptors (Lipinski definition) is 7. The first-order valence-electron chi connectivity index (χ1n) is 10.4. The van der Waals surface area contributed by atoms with Gasteiger partial charge in [0.2, 0.25) is 10.0 Å². The molecule has 0 bridgehead atoms. The second-order valence-electron chi connectivity index (χ2n) is 7.62. The number of Topliss-reactive ketones (excluding diaryl/α,β-unsaturated/α-hetero) is 1. The van der Waals surface area contributed by atoms with Gasteiger partial charge < -0.3 is 14.8 Å². The highest BCUT2D eigenvalue weighted by Gasteiger charge is 2.31. The van der Waals surface area contributed by atoms with E-state index in [2.05, 4.69) is 5.32 Å². The summed E-state index contributed by atoms with van der Waals surface area (Å²) in [7, 11) is -2.50. The third-order valence-corrected chi connectivity index (χ3v) is 7.22. The number of rotatable bonds is 8. The molecule has 10 heteroatoms. The van der Waals surface area contributed by atoms with Crippen LogP contribution in [0.15, 0.2) is 47.4 Å². The van der Waals surface area contributed by atoms with Gasteiger partial charge in [0, 0.05) is 18.7 Å². The Morgan fingerprint density at radius 3 is 2.36 bits per heavy atom. The Bertz CT molecular complexity index is 1170. The zero-order valence-corrected chi connectivity index (χ0v) is 19.5. The van der Waals surface area contributed by atoms with Gasteiger partial charge in [0.1, 0.15) is 10.6 Å². The van der Waals surface area contributed by atoms with Gasteiger partial charge in [0.05, 0.1) is 18.4 Å². The standard InChI is InChI=1S/C23H26N2O7S/c1-15(26)18-8-4-5-9-19(18)24-22(27)16(2)32-23(28)17-10-11-20(31-3)21(14-17)33(29,30)25-12-6-7-13-25/h4-5,8-11,14,16H,6-7,12-13H2,1-3H3,(H,24,27)/t16-/m1/s1. The number of ether oxygens (including phenoxy) is 2. The molecule has 9 nitrogen and oxygen atoms in total. The molecule has 2 aromatic rings. The van der Waals surface area contributed by atoms with Crippen molar-refractivity contribution in [2.45, 2.75) is 37.7 Å². The van der Waals surface area contributed by atoms with Crippen LogP contribution in [0.1, 0.15) is 47.4 Å². The van der Waals surface area contributed by atoms with E-state index >= 15 is 0 Å². The summed E-state index contributed by atoms with van der Waals surface area (Å²) < 4.78 is 37.8. The number of nitrogens with zero attached hydrogens (tertiary/aromatic N) is 1. The maximum absolute atomic E-state index is 13.0. The monoisotopic (exact) mass is 474 g/mol. The second-order valence-corrected chi connectivity index (χ2v) is 9.52. The lowest BCUT2D eigenvalue weighted by molar-refractivity contribution is -0.123. The molecule has 1 heterocycles. The quantitative estimate of drug-likeness (QED) is 0.461. The third-order valence-electron chi connectivity index (χ3n) is 5.30. The Balaban J connectivity index is 1.77. The van der Waals surface area contributed by atoms with Crippen LogP contribution in [0.25, 0.3) is 0 Å². The molecule has 0 unspecified atom stereocenters. The van der Waals surface area contributed by atoms with E-state index in [9.17, 15) is 22.8 Å². The lowest BCUT2D eigenvalue weighted by Gasteiger charge is -2.19. The molecular formula is C23H26N2O7S. The average Bonchev–Trinajstić information content (AvgIpc) is 3.34. The Labute approximate surface area is 192 Å². The fourth-order valence-corrected chi connectivity index (χ4v) is 5.19. The maximum Gasteiger partial charge on any atom is 0.338 e. The van der Waals surface area contributed by atoms with E-state index in [1.165, 1.54) is 43.5 Å². The first-order valence-corrected chi connectivity index (χ1v) is 11.9. The molecule has 3 rings (SSSR count). The number of esters is 1. The van der Waals surface area contributed by atoms with Crippen LogP contribution in [0.3, 0.4) is 0 Å². The fraction of sp³-hybridized carbons (Fsp3) is 0.348. The SMILES string of the molecule is COc1ccc(C(=O)O[C@H](C)C(=O)Nc2ccccc2C(C)=O)cc1S(=O)(=O)N1CCCC1. The second kappa shape index (κ2) is 10.1. The minimum Gasteiger partial charge on any atom is -0.495 e. The highest BCUT2D eigenvalue weighted by atomic mass is 32.2. The molecule has 0 spiro atoms. The minimum absolute atomic E-state index is 0.0302. The molecule has 0 radical (unpaired) electrons. The van der Waals surface area contributed by atoms with Gasteiger partial charge >= 0.3 is 5.97 Å². The average molecular weight is 475 g/mol. The molecule has 1 aliphatic rings. The molecular weight excluding hydrogens is 448 g/mol. The van der Waals surface area contributed by atoms with Crippen molar-refractivity contribution in [1.29, 1.82) is 0 Å². The lowest BCUT2D eigenvalue weighted by atomic mass is 10.1. The number of ketones is 1. The number of anilines is 1. The molecule has 1 atom stereocenters. The number of carbonyl (C=O) groups excluding carboxylic acids is 3. The van der Waals surface area contributed by atoms with E-state index in [0.717, 1.165) is 12.8 Å². The van der Waals surface area contributed by atoms with Crippen LogP contribution >= 0.6 is 0 Å². The number of carbonyl (C=O) groups is 3. The van der Waals surface area contributed by atoms with Gasteiger partial charge in [0.15, 0.2) is 11.9 Å². The molecule has 0 aromatic heterocycles. The Hall–Kier alpha value is -3.24. The molecule has 1 amide bonds. The van der Waals surface area contributed by atoms with E-state index in [1.54, 1.807) is 24.3 Å². The van der Waals surface area contributed by atoms with E-state index in [-0.39, 0.29) is 22.0 Å². The summed E-state index contributed by atoms with van der Waals surface area (Å²) in [4.78, 5) is 36.8. The lowest BCUT2D eigenvalue weighted by Crippen LogP contribution is -2.31. The van der Waals surface area contributed by atoms with Crippen molar-refractivity contribution in [3.8, 4) is 5.75 Å². The van der Waals surface area contributed by atoms with Gasteiger partial charge in [0.25, 0.3) is 5.91 Å². The van der Waals surface area contributed by atoms with Crippen LogP contribution in [0.4, 0.5) is 5.69 Å². The molecule has 0 saturated carbocycles. The first kappa shape index (κ1) is 24.4. The largest absolute Gasteiger partial charge is 0.495 e. The number of hydrogen-bond donors (Lipinski definition) is 1. The zero-order chi connectivity index (χ0) is 24.2. The van der Waals surface area contributed by atoms with Crippen LogP contribution in [-0.2, 0) is 19.6 Å². The summed E-state index contributed by atoms with van der Waals surface area (Å²) in [6.07, 6.45) is 0.337. The minimum atomic E-state index is -3.85. The van der Waals surface area contributed by atoms with Crippen LogP contribution < -0.4 is 10.1 Å². The molecule has 2 aromatic carbocycles. The van der Waals surface area contributed by atoms with E-state index in [0.29, 0.717) is 24.3 Å². The van der Waals surface area contributed by atoms with Crippen molar-refractivity contribution < 1.29 is 32.3 Å². The van der Waals surface area contributed by atoms with Crippen molar-refractivity contribution in [2.75, 3.05) is 25.5 Å². The maximum atomic E-state index is 13.0. The topological polar surface area (TPSA) is 119 Å². The number of benzene rings is 2. The highest BCUT2D eigenvalue weighted by Crippen LogP contribution is 2.30. The van der Waals surface area contributed by atoms with Gasteiger partial charge in [-0.05, 0) is 57.0 Å². The molecule has 1 N–H and O–H groups in total. The smallest absolute Gasteiger partial charge is 0.338 e. The molecule has 1 saturated heterocycles. The van der Waals surface area contributed by atoms with Crippen molar-refractivity contribution in [3.05, 3.63) is 53.6 Å². The van der Waals surface area contributed by atoms with Gasteiger partial charge in [-0.25, -0.2) is 13.2 Å². The normalized spacial score (nSPS) is 15.0. The summed E-state index contributed by atoms with van der Waals surface area (Å²) in [5, 5.41) is 2.58. The van der Waals surface area contributed by atoms with Crippen LogP contribution in [0.5, 0.6) is 5.75 Å². The Morgan fingerprint density at radius 1 is 1.06 bits per heavy atom. The van der Waals surface area contributed by atoms with E-state index < -0.39 is 28.0 Å². The summed E-state index contributed by atoms with van der Waals surface area (Å²) in [5.74, 6) is -1.60. The summed E-state index contributed by atoms with van der Waals surface area (Å²) in [6.45, 7) is 3.57. The highest BCUT2D eigenvalue weighted by molar-refractivity contribution is 7.89. The van der Waals surface area contributed by atoms with Gasteiger partial charge in [-0.1, -0.05) is 12.1 Å². The van der Waals surface area contributed by atoms with Crippen molar-refractivity contribution in [1.82, 2.24) is 4.31 Å². The van der Waals surface area contributed by atoms with Crippen molar-refractivity contribution in [2.24, 2.45) is 0 Å². The van der Waals surface area contributed by atoms with Crippen molar-refractivity contribution >= 4 is 33.4 Å². The predicted octanol–water partition coefficient (Wildman–Crippen LogP) is 2.87. The summed E-state index contributed by atoms with van der Waals surface area (Å²) in [6, 6.07) is 10.4. The zero-order valence-electron chi connectivity index (χ0n) is 18.7. The van der Waals surface area contributed by atoms with Crippen LogP contribution in [0, 0.1) is 0 Å². The van der Waals surface area contributed by atoms with Crippen molar-refractivity contribution in [3.63, 3.8) is 0 Å². The van der Waals surface area contributed by atoms with Gasteiger partial charge in [-0.2, -0.15) is 4.31 Å². The number of methoxy groups -OCH3 is 1. The van der Waals surface area contributed by atoms with E-state index in [4.69, 9.17) is 9.47 Å². The van der Waals surface area contributed by atoms with Crippen LogP contribution in [0.2, 0.25) is 0 Å². The number of sulfonamides is 1. The predicted molar refractivity (Wildman–Crippen MR) is 121 cm³/mol. The molecule has 0 aliphatic carbocycles. The number of para-hydroxylation sites is 1.